The van der Waals surface area contributed by atoms with Crippen LogP contribution in [0, 0.1) is 11.7 Å². The third kappa shape index (κ3) is 5.42. The summed E-state index contributed by atoms with van der Waals surface area (Å²) in [6, 6.07) is 9.05. The van der Waals surface area contributed by atoms with E-state index in [9.17, 15) is 22.8 Å². The average Bonchev–Trinajstić information content (AvgIpc) is 3.22. The summed E-state index contributed by atoms with van der Waals surface area (Å²) in [5.41, 5.74) is 0.466. The molecule has 2 amide bonds. The molecule has 0 spiro atoms. The molecule has 0 atom stereocenters. The van der Waals surface area contributed by atoms with Gasteiger partial charge in [0.2, 0.25) is 0 Å². The third-order valence-electron chi connectivity index (χ3n) is 6.07. The number of nitrogens with zero attached hydrogens (tertiary/aromatic N) is 3. The van der Waals surface area contributed by atoms with E-state index in [1.807, 2.05) is 16.7 Å². The second kappa shape index (κ2) is 9.72. The second-order valence-corrected chi connectivity index (χ2v) is 10.6. The van der Waals surface area contributed by atoms with Crippen LogP contribution < -0.4 is 10.2 Å². The van der Waals surface area contributed by atoms with Crippen LogP contribution in [0.3, 0.4) is 0 Å². The number of amides is 2. The van der Waals surface area contributed by atoms with E-state index in [4.69, 9.17) is 4.74 Å². The number of nitrogens with one attached hydrogen (secondary N) is 1. The van der Waals surface area contributed by atoms with Gasteiger partial charge in [-0.05, 0) is 62.9 Å². The van der Waals surface area contributed by atoms with Gasteiger partial charge in [-0.2, -0.15) is 8.78 Å². The number of imidazole rings is 1. The van der Waals surface area contributed by atoms with Crippen LogP contribution in [0.15, 0.2) is 36.4 Å². The monoisotopic (exact) mass is 516 g/mol. The van der Waals surface area contributed by atoms with Crippen LogP contribution in [0.4, 0.5) is 23.7 Å². The van der Waals surface area contributed by atoms with Crippen LogP contribution in [-0.4, -0.2) is 27.2 Å². The van der Waals surface area contributed by atoms with Gasteiger partial charge in [0.25, 0.3) is 0 Å². The fraction of sp³-hybridized carbons (Fsp3) is 0.444. The van der Waals surface area contributed by atoms with E-state index < -0.39 is 34.9 Å². The highest BCUT2D eigenvalue weighted by atomic mass is 19.3. The van der Waals surface area contributed by atoms with Crippen molar-refractivity contribution in [3.05, 3.63) is 59.2 Å². The highest BCUT2D eigenvalue weighted by molar-refractivity contribution is 6.05. The molecule has 0 saturated heterocycles. The smallest absolute Gasteiger partial charge is 0.407 e. The van der Waals surface area contributed by atoms with Crippen molar-refractivity contribution < 1.29 is 27.5 Å². The first-order chi connectivity index (χ1) is 17.3. The van der Waals surface area contributed by atoms with Gasteiger partial charge in [0.15, 0.2) is 0 Å². The Balaban J connectivity index is 1.66. The number of fused-ring (bicyclic) bond motifs is 2. The number of halogens is 3. The number of benzene rings is 2. The molecule has 0 fully saturated rings. The second-order valence-electron chi connectivity index (χ2n) is 10.6. The highest BCUT2D eigenvalue weighted by Gasteiger charge is 2.54. The number of aryl methyl sites for hydroxylation is 1. The number of anilines is 1. The van der Waals surface area contributed by atoms with Gasteiger partial charge in [-0.15, -0.1) is 0 Å². The third-order valence-corrected chi connectivity index (χ3v) is 6.07. The lowest BCUT2D eigenvalue weighted by Crippen LogP contribution is -2.35. The van der Waals surface area contributed by atoms with E-state index in [0.29, 0.717) is 23.8 Å². The Hall–Kier alpha value is -3.56. The lowest BCUT2D eigenvalue weighted by Gasteiger charge is -2.19. The molecule has 4 rings (SSSR count). The fourth-order valence-electron chi connectivity index (χ4n) is 4.31. The van der Waals surface area contributed by atoms with Crippen LogP contribution >= 0.6 is 0 Å². The first-order valence-electron chi connectivity index (χ1n) is 12.2. The van der Waals surface area contributed by atoms with Crippen molar-refractivity contribution in [2.45, 2.75) is 72.2 Å². The summed E-state index contributed by atoms with van der Waals surface area (Å²) < 4.78 is 50.9. The number of ether oxygens (including phenoxy) is 1. The molecular weight excluding hydrogens is 485 g/mol. The van der Waals surface area contributed by atoms with Crippen molar-refractivity contribution in [3.8, 4) is 0 Å². The van der Waals surface area contributed by atoms with Crippen molar-refractivity contribution in [1.82, 2.24) is 14.9 Å². The number of rotatable bonds is 7. The molecule has 1 N–H and O–H groups in total. The molecule has 0 aliphatic carbocycles. The molecule has 7 nitrogen and oxygen atoms in total. The molecule has 1 aliphatic rings. The van der Waals surface area contributed by atoms with Crippen molar-refractivity contribution in [3.63, 3.8) is 0 Å². The SMILES string of the molecule is CC(C)CCn1c(CN2C(=O)C(F)(F)c3c(F)cccc32)nc2cc(CNC(=O)OC(C)(C)C)ccc21. The summed E-state index contributed by atoms with van der Waals surface area (Å²) in [5.74, 6) is -5.76. The molecule has 0 saturated carbocycles. The molecule has 37 heavy (non-hydrogen) atoms. The molecule has 2 heterocycles. The minimum atomic E-state index is -3.95. The first-order valence-corrected chi connectivity index (χ1v) is 12.2. The van der Waals surface area contributed by atoms with Gasteiger partial charge >= 0.3 is 17.9 Å². The van der Waals surface area contributed by atoms with Crippen LogP contribution in [0.2, 0.25) is 0 Å². The summed E-state index contributed by atoms with van der Waals surface area (Å²) in [6.07, 6.45) is 0.255. The van der Waals surface area contributed by atoms with E-state index in [0.717, 1.165) is 28.5 Å². The molecule has 0 unspecified atom stereocenters. The number of hydrogen-bond acceptors (Lipinski definition) is 4. The standard InChI is InChI=1S/C27H31F3N4O3/c1-16(2)11-12-33-20-10-9-17(14-31-25(36)37-26(3,4)5)13-19(20)32-22(33)15-34-21-8-6-7-18(28)23(21)27(29,30)24(34)35/h6-10,13,16H,11-12,14-15H2,1-5H3,(H,31,36). The molecular formula is C27H31F3N4O3. The van der Waals surface area contributed by atoms with Crippen LogP contribution in [0.5, 0.6) is 0 Å². The topological polar surface area (TPSA) is 76.5 Å². The lowest BCUT2D eigenvalue weighted by atomic mass is 10.1. The van der Waals surface area contributed by atoms with Gasteiger partial charge < -0.3 is 14.6 Å². The molecule has 10 heteroatoms. The van der Waals surface area contributed by atoms with E-state index in [2.05, 4.69) is 24.1 Å². The summed E-state index contributed by atoms with van der Waals surface area (Å²) >= 11 is 0. The molecule has 0 radical (unpaired) electrons. The van der Waals surface area contributed by atoms with Gasteiger partial charge in [-0.25, -0.2) is 14.2 Å². The van der Waals surface area contributed by atoms with Crippen molar-refractivity contribution in [2.24, 2.45) is 5.92 Å². The molecule has 1 aromatic heterocycles. The maximum absolute atomic E-state index is 14.7. The number of hydrogen-bond donors (Lipinski definition) is 1. The van der Waals surface area contributed by atoms with Gasteiger partial charge in [0, 0.05) is 13.1 Å². The minimum Gasteiger partial charge on any atom is -0.444 e. The number of carbonyl (C=O) groups excluding carboxylic acids is 2. The lowest BCUT2D eigenvalue weighted by molar-refractivity contribution is -0.142. The average molecular weight is 517 g/mol. The molecule has 0 bridgehead atoms. The van der Waals surface area contributed by atoms with E-state index >= 15 is 0 Å². The maximum Gasteiger partial charge on any atom is 0.407 e. The molecule has 2 aromatic carbocycles. The van der Waals surface area contributed by atoms with Crippen LogP contribution in [0.1, 0.15) is 58.0 Å². The quantitative estimate of drug-likeness (QED) is 0.425. The largest absolute Gasteiger partial charge is 0.444 e. The summed E-state index contributed by atoms with van der Waals surface area (Å²) in [5, 5.41) is 2.70. The molecule has 3 aromatic rings. The van der Waals surface area contributed by atoms with Gasteiger partial charge in [-0.3, -0.25) is 9.69 Å². The molecule has 198 valence electrons. The van der Waals surface area contributed by atoms with Gasteiger partial charge in [0.1, 0.15) is 17.2 Å². The zero-order valence-corrected chi connectivity index (χ0v) is 21.6. The normalized spacial score (nSPS) is 14.9. The highest BCUT2D eigenvalue weighted by Crippen LogP contribution is 2.46. The first kappa shape index (κ1) is 26.5. The molecule has 1 aliphatic heterocycles. The minimum absolute atomic E-state index is 0.153. The fourth-order valence-corrected chi connectivity index (χ4v) is 4.31. The number of alkyl carbamates (subject to hydrolysis) is 1. The maximum atomic E-state index is 14.7. The van der Waals surface area contributed by atoms with Gasteiger partial charge in [0.05, 0.1) is 28.8 Å². The van der Waals surface area contributed by atoms with Crippen LogP contribution in [-0.2, 0) is 35.1 Å². The Morgan fingerprint density at radius 2 is 1.92 bits per heavy atom. The number of aromatic nitrogens is 2. The number of alkyl halides is 2. The Kier molecular flexibility index (Phi) is 6.96. The van der Waals surface area contributed by atoms with E-state index in [1.165, 1.54) is 12.1 Å². The summed E-state index contributed by atoms with van der Waals surface area (Å²) in [6.45, 7) is 10.0. The Morgan fingerprint density at radius 1 is 1.19 bits per heavy atom. The van der Waals surface area contributed by atoms with E-state index in [-0.39, 0.29) is 18.8 Å². The van der Waals surface area contributed by atoms with Crippen LogP contribution in [0.25, 0.3) is 11.0 Å². The van der Waals surface area contributed by atoms with Gasteiger partial charge in [-0.1, -0.05) is 26.0 Å². The summed E-state index contributed by atoms with van der Waals surface area (Å²) in [4.78, 5) is 30.2. The zero-order chi connectivity index (χ0) is 27.1. The van der Waals surface area contributed by atoms with E-state index in [1.54, 1.807) is 26.8 Å². The Labute approximate surface area is 213 Å². The van der Waals surface area contributed by atoms with Crippen molar-refractivity contribution in [2.75, 3.05) is 4.90 Å². The summed E-state index contributed by atoms with van der Waals surface area (Å²) in [7, 11) is 0. The van der Waals surface area contributed by atoms with Crippen molar-refractivity contribution >= 4 is 28.7 Å². The van der Waals surface area contributed by atoms with Crippen molar-refractivity contribution in [1.29, 1.82) is 0 Å². The predicted molar refractivity (Wildman–Crippen MR) is 134 cm³/mol. The Morgan fingerprint density at radius 3 is 2.59 bits per heavy atom. The number of carbonyl (C=O) groups is 2. The zero-order valence-electron chi connectivity index (χ0n) is 21.6. The predicted octanol–water partition coefficient (Wildman–Crippen LogP) is 5.88. The Bertz CT molecular complexity index is 1340.